The van der Waals surface area contributed by atoms with Gasteiger partial charge in [-0.25, -0.2) is 0 Å². The van der Waals surface area contributed by atoms with Crippen LogP contribution < -0.4 is 0 Å². The Bertz CT molecular complexity index is 495. The lowest BCUT2D eigenvalue weighted by molar-refractivity contribution is 0.114. The highest BCUT2D eigenvalue weighted by Crippen LogP contribution is 2.23. The Morgan fingerprint density at radius 3 is 2.75 bits per heavy atom. The van der Waals surface area contributed by atoms with Crippen LogP contribution in [0.15, 0.2) is 23.8 Å². The number of likely N-dealkylation sites (tertiary alicyclic amines) is 1. The molecular weight excluding hydrogens is 274 g/mol. The van der Waals surface area contributed by atoms with Gasteiger partial charge in [0.2, 0.25) is 0 Å². The first-order valence-electron chi connectivity index (χ1n) is 7.32. The number of rotatable bonds is 4. The number of nitrogens with zero attached hydrogens (tertiary/aromatic N) is 1. The van der Waals surface area contributed by atoms with E-state index in [-0.39, 0.29) is 0 Å². The molecular formula is C15H25NO3S. The van der Waals surface area contributed by atoms with E-state index in [0.717, 1.165) is 25.0 Å². The summed E-state index contributed by atoms with van der Waals surface area (Å²) in [5.41, 5.74) is 1.11. The first-order valence-corrected chi connectivity index (χ1v) is 8.79. The second-order valence-corrected chi connectivity index (χ2v) is 7.92. The minimum Gasteiger partial charge on any atom is -0.303 e. The Kier molecular flexibility index (Phi) is 5.04. The standard InChI is InChI=1S/C15H25NO3S/c1-12-4-8-15(9-5-12)20(17,18)19-11-14-7-6-13(2)16(3)10-14/h4-5,8,13-15H,6-7,9-11H2,1-3H3/t13-,14-,15?/m1/s1. The fourth-order valence-corrected chi connectivity index (χ4v) is 3.87. The Hall–Kier alpha value is -0.650. The summed E-state index contributed by atoms with van der Waals surface area (Å²) in [5.74, 6) is 0.316. The fourth-order valence-electron chi connectivity index (χ4n) is 2.71. The molecule has 20 heavy (non-hydrogen) atoms. The van der Waals surface area contributed by atoms with Crippen molar-refractivity contribution in [3.8, 4) is 0 Å². The first-order chi connectivity index (χ1) is 9.38. The molecule has 1 aliphatic carbocycles. The lowest BCUT2D eigenvalue weighted by Crippen LogP contribution is -2.40. The molecule has 0 radical (unpaired) electrons. The summed E-state index contributed by atoms with van der Waals surface area (Å²) in [4.78, 5) is 2.27. The van der Waals surface area contributed by atoms with Gasteiger partial charge in [-0.05, 0) is 46.1 Å². The van der Waals surface area contributed by atoms with Gasteiger partial charge < -0.3 is 4.90 Å². The number of piperidine rings is 1. The highest BCUT2D eigenvalue weighted by atomic mass is 32.2. The summed E-state index contributed by atoms with van der Waals surface area (Å²) in [6.07, 6.45) is 8.20. The van der Waals surface area contributed by atoms with Crippen LogP contribution in [0.3, 0.4) is 0 Å². The second-order valence-electron chi connectivity index (χ2n) is 6.09. The molecule has 0 spiro atoms. The maximum atomic E-state index is 12.2. The van der Waals surface area contributed by atoms with Crippen molar-refractivity contribution in [2.24, 2.45) is 5.92 Å². The topological polar surface area (TPSA) is 46.6 Å². The van der Waals surface area contributed by atoms with E-state index in [2.05, 4.69) is 18.9 Å². The molecule has 0 aromatic carbocycles. The fraction of sp³-hybridized carbons (Fsp3) is 0.733. The minimum absolute atomic E-state index is 0.312. The van der Waals surface area contributed by atoms with E-state index in [1.165, 1.54) is 0 Å². The molecule has 1 unspecified atom stereocenters. The van der Waals surface area contributed by atoms with E-state index in [4.69, 9.17) is 4.18 Å². The van der Waals surface area contributed by atoms with Gasteiger partial charge in [0.05, 0.1) is 6.61 Å². The average molecular weight is 299 g/mol. The molecule has 1 aliphatic heterocycles. The summed E-state index contributed by atoms with van der Waals surface area (Å²) in [6.45, 7) is 5.40. The van der Waals surface area contributed by atoms with Gasteiger partial charge in [0, 0.05) is 12.6 Å². The molecule has 0 aromatic rings. The van der Waals surface area contributed by atoms with Gasteiger partial charge >= 0.3 is 0 Å². The maximum absolute atomic E-state index is 12.2. The quantitative estimate of drug-likeness (QED) is 0.748. The largest absolute Gasteiger partial charge is 0.303 e. The van der Waals surface area contributed by atoms with Crippen LogP contribution in [0.2, 0.25) is 0 Å². The molecule has 0 N–H and O–H groups in total. The molecule has 0 amide bonds. The lowest BCUT2D eigenvalue weighted by atomic mass is 9.95. The Labute approximate surface area is 122 Å². The first kappa shape index (κ1) is 15.7. The van der Waals surface area contributed by atoms with Gasteiger partial charge in [-0.3, -0.25) is 4.18 Å². The van der Waals surface area contributed by atoms with Gasteiger partial charge in [-0.1, -0.05) is 23.8 Å². The Balaban J connectivity index is 1.86. The van der Waals surface area contributed by atoms with E-state index in [9.17, 15) is 8.42 Å². The van der Waals surface area contributed by atoms with Crippen LogP contribution in [-0.4, -0.2) is 44.8 Å². The van der Waals surface area contributed by atoms with E-state index in [0.29, 0.717) is 25.0 Å². The zero-order valence-electron chi connectivity index (χ0n) is 12.6. The summed E-state index contributed by atoms with van der Waals surface area (Å²) in [6, 6.07) is 0.581. The van der Waals surface area contributed by atoms with Gasteiger partial charge in [-0.2, -0.15) is 8.42 Å². The smallest absolute Gasteiger partial charge is 0.274 e. The van der Waals surface area contributed by atoms with Gasteiger partial charge in [0.15, 0.2) is 0 Å². The van der Waals surface area contributed by atoms with E-state index in [1.807, 2.05) is 19.1 Å². The third-order valence-electron chi connectivity index (χ3n) is 4.38. The summed E-state index contributed by atoms with van der Waals surface area (Å²) >= 11 is 0. The van der Waals surface area contributed by atoms with Crippen molar-refractivity contribution in [1.29, 1.82) is 0 Å². The molecule has 2 aliphatic rings. The lowest BCUT2D eigenvalue weighted by Gasteiger charge is -2.35. The third-order valence-corrected chi connectivity index (χ3v) is 5.93. The highest BCUT2D eigenvalue weighted by Gasteiger charge is 2.28. The normalized spacial score (nSPS) is 32.1. The van der Waals surface area contributed by atoms with Crippen molar-refractivity contribution < 1.29 is 12.6 Å². The zero-order chi connectivity index (χ0) is 14.8. The summed E-state index contributed by atoms with van der Waals surface area (Å²) in [5, 5.41) is -0.522. The van der Waals surface area contributed by atoms with Crippen LogP contribution in [-0.2, 0) is 14.3 Å². The van der Waals surface area contributed by atoms with Crippen LogP contribution in [0.25, 0.3) is 0 Å². The van der Waals surface area contributed by atoms with Crippen LogP contribution in [0.4, 0.5) is 0 Å². The Morgan fingerprint density at radius 1 is 1.40 bits per heavy atom. The van der Waals surface area contributed by atoms with E-state index < -0.39 is 15.4 Å². The van der Waals surface area contributed by atoms with Crippen molar-refractivity contribution in [2.45, 2.75) is 44.4 Å². The van der Waals surface area contributed by atoms with Crippen LogP contribution >= 0.6 is 0 Å². The molecule has 5 heteroatoms. The maximum Gasteiger partial charge on any atom is 0.274 e. The van der Waals surface area contributed by atoms with Crippen LogP contribution in [0.1, 0.15) is 33.1 Å². The predicted octanol–water partition coefficient (Wildman–Crippen LogP) is 2.34. The zero-order valence-corrected chi connectivity index (χ0v) is 13.4. The third kappa shape index (κ3) is 3.93. The SMILES string of the molecule is CC1=CCC(S(=O)(=O)OC[C@@H]2CC[C@@H](C)N(C)C2)C=C1. The molecule has 1 heterocycles. The molecule has 0 aromatic heterocycles. The molecule has 1 saturated heterocycles. The molecule has 4 nitrogen and oxygen atoms in total. The van der Waals surface area contributed by atoms with Gasteiger partial charge in [-0.15, -0.1) is 0 Å². The molecule has 0 bridgehead atoms. The van der Waals surface area contributed by atoms with Crippen LogP contribution in [0, 0.1) is 5.92 Å². The summed E-state index contributed by atoms with van der Waals surface area (Å²) in [7, 11) is -1.40. The average Bonchev–Trinajstić information content (AvgIpc) is 2.41. The van der Waals surface area contributed by atoms with Gasteiger partial charge in [0.1, 0.15) is 5.25 Å². The van der Waals surface area contributed by atoms with E-state index >= 15 is 0 Å². The highest BCUT2D eigenvalue weighted by molar-refractivity contribution is 7.87. The van der Waals surface area contributed by atoms with Crippen molar-refractivity contribution in [3.05, 3.63) is 23.8 Å². The van der Waals surface area contributed by atoms with Gasteiger partial charge in [0.25, 0.3) is 10.1 Å². The number of hydrogen-bond donors (Lipinski definition) is 0. The molecule has 3 atom stereocenters. The second kappa shape index (κ2) is 6.41. The summed E-state index contributed by atoms with van der Waals surface area (Å²) < 4.78 is 29.6. The van der Waals surface area contributed by atoms with Crippen molar-refractivity contribution in [2.75, 3.05) is 20.2 Å². The van der Waals surface area contributed by atoms with Crippen LogP contribution in [0.5, 0.6) is 0 Å². The van der Waals surface area contributed by atoms with Crippen molar-refractivity contribution in [3.63, 3.8) is 0 Å². The van der Waals surface area contributed by atoms with Crippen molar-refractivity contribution in [1.82, 2.24) is 4.90 Å². The molecule has 114 valence electrons. The van der Waals surface area contributed by atoms with E-state index in [1.54, 1.807) is 6.08 Å². The number of hydrogen-bond acceptors (Lipinski definition) is 4. The minimum atomic E-state index is -3.49. The predicted molar refractivity (Wildman–Crippen MR) is 81.0 cm³/mol. The Morgan fingerprint density at radius 2 is 2.15 bits per heavy atom. The molecule has 1 fully saturated rings. The molecule has 0 saturated carbocycles. The van der Waals surface area contributed by atoms with Crippen molar-refractivity contribution >= 4 is 10.1 Å². The monoisotopic (exact) mass is 299 g/mol. The number of allylic oxidation sites excluding steroid dienone is 3. The molecule has 2 rings (SSSR count).